The maximum atomic E-state index is 12.0. The summed E-state index contributed by atoms with van der Waals surface area (Å²) in [5.74, 6) is -0.637. The number of nitrogens with zero attached hydrogens (tertiary/aromatic N) is 3. The molecular formula is C15H14Cl2N4O3S. The summed E-state index contributed by atoms with van der Waals surface area (Å²) in [5, 5.41) is 3.99. The molecule has 0 unspecified atom stereocenters. The predicted octanol–water partition coefficient (Wildman–Crippen LogP) is 2.30. The topological polar surface area (TPSA) is 91.7 Å². The molecule has 1 heterocycles. The molecule has 10 heteroatoms. The van der Waals surface area contributed by atoms with E-state index >= 15 is 0 Å². The Labute approximate surface area is 155 Å². The fourth-order valence-electron chi connectivity index (χ4n) is 1.86. The van der Waals surface area contributed by atoms with Gasteiger partial charge < -0.3 is 0 Å². The van der Waals surface area contributed by atoms with Crippen LogP contribution in [0.25, 0.3) is 0 Å². The van der Waals surface area contributed by atoms with Crippen LogP contribution in [0.5, 0.6) is 0 Å². The summed E-state index contributed by atoms with van der Waals surface area (Å²) in [7, 11) is -3.76. The van der Waals surface area contributed by atoms with Crippen LogP contribution in [0, 0.1) is 0 Å². The van der Waals surface area contributed by atoms with Crippen molar-refractivity contribution < 1.29 is 13.2 Å². The Hall–Kier alpha value is -2.16. The molecule has 7 nitrogen and oxygen atoms in total. The second kappa shape index (κ2) is 8.28. The smallest absolute Gasteiger partial charge is 0.260 e. The van der Waals surface area contributed by atoms with Crippen LogP contribution in [0.4, 0.5) is 5.69 Å². The van der Waals surface area contributed by atoms with Gasteiger partial charge in [0.1, 0.15) is 6.54 Å². The van der Waals surface area contributed by atoms with Crippen molar-refractivity contribution in [2.45, 2.75) is 0 Å². The molecule has 1 aromatic heterocycles. The fourth-order valence-corrected chi connectivity index (χ4v) is 3.17. The largest absolute Gasteiger partial charge is 0.271 e. The number of nitrogens with one attached hydrogen (secondary N) is 1. The minimum atomic E-state index is -3.76. The molecule has 0 aliphatic carbocycles. The van der Waals surface area contributed by atoms with E-state index < -0.39 is 22.5 Å². The van der Waals surface area contributed by atoms with Gasteiger partial charge in [-0.25, -0.2) is 13.8 Å². The van der Waals surface area contributed by atoms with Crippen LogP contribution in [0.1, 0.15) is 5.56 Å². The van der Waals surface area contributed by atoms with Gasteiger partial charge in [-0.15, -0.1) is 0 Å². The van der Waals surface area contributed by atoms with E-state index in [1.165, 1.54) is 18.3 Å². The van der Waals surface area contributed by atoms with Crippen molar-refractivity contribution >= 4 is 51.0 Å². The van der Waals surface area contributed by atoms with E-state index in [2.05, 4.69) is 15.5 Å². The third kappa shape index (κ3) is 5.42. The highest BCUT2D eigenvalue weighted by molar-refractivity contribution is 7.92. The summed E-state index contributed by atoms with van der Waals surface area (Å²) in [4.78, 5) is 15.9. The van der Waals surface area contributed by atoms with Gasteiger partial charge in [0.2, 0.25) is 10.0 Å². The van der Waals surface area contributed by atoms with Crippen molar-refractivity contribution in [3.05, 3.63) is 58.3 Å². The van der Waals surface area contributed by atoms with Gasteiger partial charge in [-0.3, -0.25) is 14.1 Å². The van der Waals surface area contributed by atoms with E-state index in [0.29, 0.717) is 5.56 Å². The van der Waals surface area contributed by atoms with Crippen molar-refractivity contribution in [1.29, 1.82) is 0 Å². The molecular weight excluding hydrogens is 387 g/mol. The van der Waals surface area contributed by atoms with E-state index in [9.17, 15) is 13.2 Å². The van der Waals surface area contributed by atoms with E-state index in [-0.39, 0.29) is 15.7 Å². The van der Waals surface area contributed by atoms with Gasteiger partial charge in [0.05, 0.1) is 28.2 Å². The Bertz CT molecular complexity index is 889. The van der Waals surface area contributed by atoms with Crippen LogP contribution in [-0.4, -0.2) is 38.3 Å². The number of carbonyl (C=O) groups is 1. The highest BCUT2D eigenvalue weighted by Gasteiger charge is 2.23. The van der Waals surface area contributed by atoms with E-state index in [4.69, 9.17) is 23.2 Å². The van der Waals surface area contributed by atoms with Crippen LogP contribution in [0.15, 0.2) is 47.8 Å². The van der Waals surface area contributed by atoms with Crippen LogP contribution in [0.2, 0.25) is 10.0 Å². The van der Waals surface area contributed by atoms with Crippen LogP contribution in [-0.2, 0) is 14.8 Å². The zero-order valence-electron chi connectivity index (χ0n) is 13.1. The van der Waals surface area contributed by atoms with E-state index in [1.807, 2.05) is 0 Å². The summed E-state index contributed by atoms with van der Waals surface area (Å²) in [6, 6.07) is 7.99. The lowest BCUT2D eigenvalue weighted by Crippen LogP contribution is -2.39. The minimum absolute atomic E-state index is 0.0428. The van der Waals surface area contributed by atoms with Crippen molar-refractivity contribution in [2.75, 3.05) is 17.1 Å². The number of amides is 1. The number of aromatic nitrogens is 1. The Balaban J connectivity index is 2.14. The standard InChI is InChI=1S/C15H14Cl2N4O3S/c1-25(23,24)21(13-6-2-5-12(16)15(13)17)10-14(22)20-19-9-11-4-3-7-18-8-11/h2-9H,10H2,1H3,(H,20,22)/b19-9-. The lowest BCUT2D eigenvalue weighted by Gasteiger charge is -2.22. The Morgan fingerprint density at radius 1 is 1.32 bits per heavy atom. The summed E-state index contributed by atoms with van der Waals surface area (Å²) < 4.78 is 24.9. The molecule has 25 heavy (non-hydrogen) atoms. The highest BCUT2D eigenvalue weighted by Crippen LogP contribution is 2.33. The Morgan fingerprint density at radius 3 is 2.72 bits per heavy atom. The summed E-state index contributed by atoms with van der Waals surface area (Å²) in [5.41, 5.74) is 3.05. The molecule has 0 spiro atoms. The van der Waals surface area contributed by atoms with Gasteiger partial charge in [0.25, 0.3) is 5.91 Å². The number of hydrogen-bond acceptors (Lipinski definition) is 5. The first kappa shape index (κ1) is 19.2. The van der Waals surface area contributed by atoms with Gasteiger partial charge in [-0.1, -0.05) is 35.3 Å². The molecule has 0 saturated heterocycles. The Kier molecular flexibility index (Phi) is 6.35. The molecule has 132 valence electrons. The monoisotopic (exact) mass is 400 g/mol. The number of rotatable bonds is 6. The quantitative estimate of drug-likeness (QED) is 0.594. The molecule has 0 aliphatic rings. The molecule has 1 aromatic carbocycles. The van der Waals surface area contributed by atoms with Crippen LogP contribution >= 0.6 is 23.2 Å². The SMILES string of the molecule is CS(=O)(=O)N(CC(=O)N/N=C\c1cccnc1)c1cccc(Cl)c1Cl. The van der Waals surface area contributed by atoms with Crippen molar-refractivity contribution in [3.8, 4) is 0 Å². The molecule has 1 N–H and O–H groups in total. The summed E-state index contributed by atoms with van der Waals surface area (Å²) in [6.07, 6.45) is 5.53. The number of halogens is 2. The normalized spacial score (nSPS) is 11.5. The van der Waals surface area contributed by atoms with Crippen molar-refractivity contribution in [3.63, 3.8) is 0 Å². The molecule has 0 aliphatic heterocycles. The molecule has 2 rings (SSSR count). The maximum Gasteiger partial charge on any atom is 0.260 e. The first-order valence-electron chi connectivity index (χ1n) is 6.92. The number of pyridine rings is 1. The van der Waals surface area contributed by atoms with Gasteiger partial charge >= 0.3 is 0 Å². The van der Waals surface area contributed by atoms with E-state index in [1.54, 1.807) is 30.6 Å². The number of hydrazone groups is 1. The minimum Gasteiger partial charge on any atom is -0.271 e. The average Bonchev–Trinajstić information content (AvgIpc) is 2.55. The summed E-state index contributed by atoms with van der Waals surface area (Å²) in [6.45, 7) is -0.497. The first-order chi connectivity index (χ1) is 11.8. The zero-order valence-corrected chi connectivity index (χ0v) is 15.4. The van der Waals surface area contributed by atoms with E-state index in [0.717, 1.165) is 10.6 Å². The second-order valence-electron chi connectivity index (χ2n) is 4.92. The van der Waals surface area contributed by atoms with Gasteiger partial charge in [-0.05, 0) is 18.2 Å². The number of anilines is 1. The predicted molar refractivity (Wildman–Crippen MR) is 98.6 cm³/mol. The molecule has 1 amide bonds. The van der Waals surface area contributed by atoms with Crippen LogP contribution < -0.4 is 9.73 Å². The molecule has 0 atom stereocenters. The van der Waals surface area contributed by atoms with Crippen LogP contribution in [0.3, 0.4) is 0 Å². The fraction of sp³-hybridized carbons (Fsp3) is 0.133. The van der Waals surface area contributed by atoms with Gasteiger partial charge in [0.15, 0.2) is 0 Å². The Morgan fingerprint density at radius 2 is 2.08 bits per heavy atom. The third-order valence-corrected chi connectivity index (χ3v) is 4.91. The number of carbonyl (C=O) groups excluding carboxylic acids is 1. The molecule has 0 bridgehead atoms. The van der Waals surface area contributed by atoms with Gasteiger partial charge in [-0.2, -0.15) is 5.10 Å². The zero-order chi connectivity index (χ0) is 18.4. The number of hydrogen-bond donors (Lipinski definition) is 1. The third-order valence-electron chi connectivity index (χ3n) is 2.97. The number of benzene rings is 1. The number of sulfonamides is 1. The van der Waals surface area contributed by atoms with Crippen molar-refractivity contribution in [2.24, 2.45) is 5.10 Å². The van der Waals surface area contributed by atoms with Crippen molar-refractivity contribution in [1.82, 2.24) is 10.4 Å². The van der Waals surface area contributed by atoms with Gasteiger partial charge in [0, 0.05) is 18.0 Å². The second-order valence-corrected chi connectivity index (χ2v) is 7.61. The molecule has 2 aromatic rings. The first-order valence-corrected chi connectivity index (χ1v) is 9.53. The average molecular weight is 401 g/mol. The lowest BCUT2D eigenvalue weighted by atomic mass is 10.3. The maximum absolute atomic E-state index is 12.0. The highest BCUT2D eigenvalue weighted by atomic mass is 35.5. The molecule has 0 radical (unpaired) electrons. The summed E-state index contributed by atoms with van der Waals surface area (Å²) >= 11 is 12.0. The lowest BCUT2D eigenvalue weighted by molar-refractivity contribution is -0.119. The molecule has 0 fully saturated rings. The molecule has 0 saturated carbocycles.